The summed E-state index contributed by atoms with van der Waals surface area (Å²) < 4.78 is 31.5. The molecule has 1 aromatic rings. The van der Waals surface area contributed by atoms with Gasteiger partial charge >= 0.3 is 11.9 Å². The van der Waals surface area contributed by atoms with Gasteiger partial charge in [-0.05, 0) is 99.0 Å². The fraction of sp³-hybridized carbons (Fsp3) is 0.756. The summed E-state index contributed by atoms with van der Waals surface area (Å²) >= 11 is 6.08. The maximum atomic E-state index is 14.1. The Bertz CT molecular complexity index is 1440. The Morgan fingerprint density at radius 3 is 2.22 bits per heavy atom. The van der Waals surface area contributed by atoms with Gasteiger partial charge in [-0.15, -0.1) is 0 Å². The molecule has 314 valence electrons. The molecule has 1 aliphatic heterocycles. The number of aliphatic hydroxyl groups is 3. The van der Waals surface area contributed by atoms with Gasteiger partial charge in [-0.25, -0.2) is 0 Å². The number of carbonyl (C=O) groups is 2. The van der Waals surface area contributed by atoms with E-state index in [1.165, 1.54) is 6.92 Å². The number of halogens is 1. The molecule has 0 aromatic heterocycles. The Morgan fingerprint density at radius 1 is 1.09 bits per heavy atom. The second-order valence-electron chi connectivity index (χ2n) is 16.1. The number of hydrogen-bond acceptors (Lipinski definition) is 13. The molecule has 2 rings (SSSR count). The summed E-state index contributed by atoms with van der Waals surface area (Å²) in [7, 11) is 5.10. The smallest absolute Gasteiger partial charge is 0.312 e. The van der Waals surface area contributed by atoms with Gasteiger partial charge in [0.05, 0.1) is 36.3 Å². The van der Waals surface area contributed by atoms with E-state index in [2.05, 4.69) is 10.2 Å². The van der Waals surface area contributed by atoms with Crippen LogP contribution in [0.15, 0.2) is 34.5 Å². The number of benzene rings is 1. The van der Waals surface area contributed by atoms with Gasteiger partial charge in [0.25, 0.3) is 0 Å². The van der Waals surface area contributed by atoms with Gasteiger partial charge in [0.15, 0.2) is 6.29 Å². The van der Waals surface area contributed by atoms with Crippen molar-refractivity contribution < 1.29 is 48.6 Å². The van der Waals surface area contributed by atoms with Crippen LogP contribution in [0.5, 0.6) is 0 Å². The summed E-state index contributed by atoms with van der Waals surface area (Å²) in [6.45, 7) is 19.4. The molecule has 1 heterocycles. The zero-order valence-electron chi connectivity index (χ0n) is 35.4. The van der Waals surface area contributed by atoms with Crippen LogP contribution >= 0.6 is 11.6 Å². The van der Waals surface area contributed by atoms with Crippen molar-refractivity contribution in [2.24, 2.45) is 33.9 Å². The number of ether oxygens (including phenoxy) is 5. The lowest BCUT2D eigenvalue weighted by Gasteiger charge is -2.46. The molecule has 1 fully saturated rings. The van der Waals surface area contributed by atoms with Gasteiger partial charge in [0, 0.05) is 41.8 Å². The molecule has 0 amide bonds. The predicted molar refractivity (Wildman–Crippen MR) is 214 cm³/mol. The number of aliphatic hydroxyl groups excluding tert-OH is 2. The van der Waals surface area contributed by atoms with Crippen molar-refractivity contribution in [1.82, 2.24) is 4.90 Å². The predicted octanol–water partition coefficient (Wildman–Crippen LogP) is 5.82. The van der Waals surface area contributed by atoms with Gasteiger partial charge in [-0.1, -0.05) is 51.4 Å². The van der Waals surface area contributed by atoms with Crippen molar-refractivity contribution >= 4 is 35.0 Å². The average molecular weight is 798 g/mol. The van der Waals surface area contributed by atoms with Crippen LogP contribution in [0.1, 0.15) is 101 Å². The number of carbonyl (C=O) groups excluding carboxylic acids is 2. The minimum atomic E-state index is -1.90. The first-order chi connectivity index (χ1) is 25.5. The highest BCUT2D eigenvalue weighted by Gasteiger charge is 2.51. The third kappa shape index (κ3) is 13.6. The summed E-state index contributed by atoms with van der Waals surface area (Å²) in [6.07, 6.45) is -5.85. The molecular formula is C41H68ClN3O10. The van der Waals surface area contributed by atoms with Crippen LogP contribution in [-0.2, 0) is 39.7 Å². The van der Waals surface area contributed by atoms with Crippen LogP contribution in [-0.4, -0.2) is 119 Å². The first kappa shape index (κ1) is 48.7. The standard InChI is InChI=1S/C41H68ClN3O10/c1-15-32-41(11,50)37(48)26(6)35(44-43-23(2)3)24(4)22-40(10,51-14)38(53-29(9)52-25(5)20-33(46)45(12)13)27(7)36(28(8)39(49)54-32)55-34(47)21-30-16-18-31(42)19-17-30/h16-19,24-29,32-33,36-38,46,48,50H,15,20-22H2,1-14H3. The van der Waals surface area contributed by atoms with Crippen molar-refractivity contribution in [1.29, 1.82) is 0 Å². The summed E-state index contributed by atoms with van der Waals surface area (Å²) in [5.74, 6) is -4.22. The maximum Gasteiger partial charge on any atom is 0.312 e. The molecule has 0 aliphatic carbocycles. The van der Waals surface area contributed by atoms with Crippen LogP contribution in [0.25, 0.3) is 0 Å². The third-order valence-electron chi connectivity index (χ3n) is 10.8. The third-order valence-corrected chi connectivity index (χ3v) is 11.0. The second-order valence-corrected chi connectivity index (χ2v) is 16.6. The molecule has 0 spiro atoms. The van der Waals surface area contributed by atoms with E-state index in [0.29, 0.717) is 28.4 Å². The van der Waals surface area contributed by atoms with Gasteiger partial charge in [0.2, 0.25) is 0 Å². The normalized spacial score (nSPS) is 33.7. The van der Waals surface area contributed by atoms with Crippen LogP contribution in [0.4, 0.5) is 0 Å². The maximum absolute atomic E-state index is 14.1. The van der Waals surface area contributed by atoms with Gasteiger partial charge in [0.1, 0.15) is 24.0 Å². The highest BCUT2D eigenvalue weighted by molar-refractivity contribution is 6.30. The van der Waals surface area contributed by atoms with E-state index in [0.717, 1.165) is 0 Å². The average Bonchev–Trinajstić information content (AvgIpc) is 3.10. The van der Waals surface area contributed by atoms with Crippen molar-refractivity contribution in [2.45, 2.75) is 156 Å². The van der Waals surface area contributed by atoms with Crippen molar-refractivity contribution in [3.8, 4) is 0 Å². The van der Waals surface area contributed by atoms with Crippen LogP contribution in [0.2, 0.25) is 5.02 Å². The number of nitrogens with zero attached hydrogens (tertiary/aromatic N) is 3. The van der Waals surface area contributed by atoms with E-state index in [4.69, 9.17) is 35.3 Å². The second kappa shape index (κ2) is 21.3. The highest BCUT2D eigenvalue weighted by atomic mass is 35.5. The van der Waals surface area contributed by atoms with Crippen LogP contribution in [0, 0.1) is 23.7 Å². The lowest BCUT2D eigenvalue weighted by molar-refractivity contribution is -0.252. The highest BCUT2D eigenvalue weighted by Crippen LogP contribution is 2.39. The first-order valence-electron chi connectivity index (χ1n) is 19.3. The molecule has 0 radical (unpaired) electrons. The molecule has 55 heavy (non-hydrogen) atoms. The summed E-state index contributed by atoms with van der Waals surface area (Å²) in [4.78, 5) is 29.5. The van der Waals surface area contributed by atoms with Crippen LogP contribution in [0.3, 0.4) is 0 Å². The molecule has 13 unspecified atom stereocenters. The number of esters is 2. The van der Waals surface area contributed by atoms with E-state index in [1.807, 2.05) is 41.5 Å². The quantitative estimate of drug-likeness (QED) is 0.0952. The largest absolute Gasteiger partial charge is 0.461 e. The van der Waals surface area contributed by atoms with Crippen molar-refractivity contribution in [2.75, 3.05) is 21.2 Å². The van der Waals surface area contributed by atoms with Gasteiger partial charge in [-0.2, -0.15) is 10.2 Å². The summed E-state index contributed by atoms with van der Waals surface area (Å²) in [6, 6.07) is 6.81. The minimum absolute atomic E-state index is 0.0922. The molecule has 1 saturated heterocycles. The van der Waals surface area contributed by atoms with Gasteiger partial charge < -0.3 is 39.0 Å². The Balaban J connectivity index is 2.81. The van der Waals surface area contributed by atoms with E-state index >= 15 is 0 Å². The lowest BCUT2D eigenvalue weighted by atomic mass is 9.73. The van der Waals surface area contributed by atoms with Crippen molar-refractivity contribution in [3.63, 3.8) is 0 Å². The van der Waals surface area contributed by atoms with Crippen LogP contribution < -0.4 is 0 Å². The molecule has 13 atom stereocenters. The topological polar surface area (TPSA) is 169 Å². The Morgan fingerprint density at radius 2 is 1.69 bits per heavy atom. The van der Waals surface area contributed by atoms with E-state index in [9.17, 15) is 24.9 Å². The molecule has 3 N–H and O–H groups in total. The first-order valence-corrected chi connectivity index (χ1v) is 19.7. The molecule has 1 aromatic carbocycles. The number of rotatable bonds is 13. The molecule has 0 bridgehead atoms. The number of cyclic esters (lactones) is 1. The van der Waals surface area contributed by atoms with E-state index in [-0.39, 0.29) is 19.3 Å². The minimum Gasteiger partial charge on any atom is -0.461 e. The SMILES string of the molecule is CCC1OC(=O)C(C)C(OC(=O)Cc2ccc(Cl)cc2)C(C)C(OC(C)OC(C)CC(O)N(C)C)C(C)(OC)CC(C)C(=NN=C(C)C)C(C)C(O)C1(C)O. The van der Waals surface area contributed by atoms with Gasteiger partial charge in [-0.3, -0.25) is 14.5 Å². The molecule has 14 heteroatoms. The Hall–Kier alpha value is -2.49. The molecule has 0 saturated carbocycles. The zero-order valence-corrected chi connectivity index (χ0v) is 36.2. The molecule has 1 aliphatic rings. The van der Waals surface area contributed by atoms with E-state index in [1.54, 1.807) is 78.1 Å². The fourth-order valence-electron chi connectivity index (χ4n) is 7.43. The number of hydrogen-bond donors (Lipinski definition) is 3. The Labute approximate surface area is 333 Å². The fourth-order valence-corrected chi connectivity index (χ4v) is 7.56. The lowest BCUT2D eigenvalue weighted by Crippen LogP contribution is -2.58. The zero-order chi connectivity index (χ0) is 42.0. The monoisotopic (exact) mass is 797 g/mol. The van der Waals surface area contributed by atoms with E-state index < -0.39 is 89.9 Å². The summed E-state index contributed by atoms with van der Waals surface area (Å²) in [5, 5.41) is 43.6. The molecule has 13 nitrogen and oxygen atoms in total. The van der Waals surface area contributed by atoms with Crippen molar-refractivity contribution in [3.05, 3.63) is 34.9 Å². The molecular weight excluding hydrogens is 730 g/mol. The number of methoxy groups -OCH3 is 1. The Kier molecular flexibility index (Phi) is 18.9. The summed E-state index contributed by atoms with van der Waals surface area (Å²) in [5.41, 5.74) is -1.20.